The van der Waals surface area contributed by atoms with Crippen molar-refractivity contribution < 1.29 is 9.53 Å². The fourth-order valence-corrected chi connectivity index (χ4v) is 2.51. The van der Waals surface area contributed by atoms with Gasteiger partial charge in [-0.2, -0.15) is 0 Å². The van der Waals surface area contributed by atoms with E-state index < -0.39 is 0 Å². The van der Waals surface area contributed by atoms with Crippen molar-refractivity contribution in [1.82, 2.24) is 15.3 Å². The van der Waals surface area contributed by atoms with E-state index in [1.54, 1.807) is 0 Å². The molecular weight excluding hydrogens is 256 g/mol. The minimum atomic E-state index is -0.309. The molecule has 1 fully saturated rings. The number of rotatable bonds is 5. The summed E-state index contributed by atoms with van der Waals surface area (Å²) in [5.74, 6) is 0.442. The van der Waals surface area contributed by atoms with Crippen LogP contribution >= 0.6 is 0 Å². The van der Waals surface area contributed by atoms with Crippen LogP contribution in [0, 0.1) is 5.92 Å². The fourth-order valence-electron chi connectivity index (χ4n) is 2.51. The van der Waals surface area contributed by atoms with E-state index in [4.69, 9.17) is 10.5 Å². The first kappa shape index (κ1) is 14.7. The predicted octanol–water partition coefficient (Wildman–Crippen LogP) is 1.38. The fraction of sp³-hybridized carbons (Fsp3) is 0.643. The van der Waals surface area contributed by atoms with Crippen LogP contribution in [0.15, 0.2) is 12.4 Å². The number of nitrogens with one attached hydrogen (secondary N) is 1. The van der Waals surface area contributed by atoms with Crippen molar-refractivity contribution in [3.05, 3.63) is 18.1 Å². The molecule has 110 valence electrons. The van der Waals surface area contributed by atoms with E-state index in [9.17, 15) is 4.79 Å². The molecule has 0 radical (unpaired) electrons. The number of hydrogen-bond donors (Lipinski definition) is 2. The van der Waals surface area contributed by atoms with E-state index >= 15 is 0 Å². The summed E-state index contributed by atoms with van der Waals surface area (Å²) in [6, 6.07) is 0. The third kappa shape index (κ3) is 3.90. The Bertz CT molecular complexity index is 453. The lowest BCUT2D eigenvalue weighted by Gasteiger charge is -2.28. The summed E-state index contributed by atoms with van der Waals surface area (Å²) in [6.07, 6.45) is 8.11. The van der Waals surface area contributed by atoms with Crippen molar-refractivity contribution in [3.8, 4) is 0 Å². The van der Waals surface area contributed by atoms with Gasteiger partial charge in [-0.05, 0) is 18.8 Å². The topological polar surface area (TPSA) is 90.1 Å². The zero-order valence-corrected chi connectivity index (χ0v) is 11.8. The van der Waals surface area contributed by atoms with Crippen LogP contribution in [-0.2, 0) is 4.74 Å². The lowest BCUT2D eigenvalue weighted by atomic mass is 9.88. The van der Waals surface area contributed by atoms with E-state index in [2.05, 4.69) is 22.2 Å². The highest BCUT2D eigenvalue weighted by Gasteiger charge is 2.21. The second-order valence-electron chi connectivity index (χ2n) is 5.22. The highest BCUT2D eigenvalue weighted by Crippen LogP contribution is 2.25. The minimum Gasteiger partial charge on any atom is -0.382 e. The highest BCUT2D eigenvalue weighted by molar-refractivity contribution is 5.96. The van der Waals surface area contributed by atoms with Crippen molar-refractivity contribution >= 4 is 11.7 Å². The Hall–Kier alpha value is -1.69. The summed E-state index contributed by atoms with van der Waals surface area (Å²) >= 11 is 0. The lowest BCUT2D eigenvalue weighted by molar-refractivity contribution is -0.00295. The highest BCUT2D eigenvalue weighted by atomic mass is 16.5. The van der Waals surface area contributed by atoms with E-state index in [0.717, 1.165) is 6.42 Å². The van der Waals surface area contributed by atoms with E-state index in [1.165, 1.54) is 31.7 Å². The van der Waals surface area contributed by atoms with Crippen LogP contribution in [0.5, 0.6) is 0 Å². The number of nitrogen functional groups attached to an aromatic ring is 1. The summed E-state index contributed by atoms with van der Waals surface area (Å²) < 4.78 is 5.83. The number of nitrogens with zero attached hydrogens (tertiary/aromatic N) is 2. The molecule has 1 aliphatic rings. The van der Waals surface area contributed by atoms with Gasteiger partial charge in [-0.15, -0.1) is 0 Å². The van der Waals surface area contributed by atoms with Gasteiger partial charge >= 0.3 is 0 Å². The largest absolute Gasteiger partial charge is 0.382 e. The Labute approximate surface area is 119 Å². The van der Waals surface area contributed by atoms with Gasteiger partial charge in [-0.3, -0.25) is 4.79 Å². The van der Waals surface area contributed by atoms with E-state index in [-0.39, 0.29) is 17.4 Å². The maximum Gasteiger partial charge on any atom is 0.273 e. The van der Waals surface area contributed by atoms with E-state index in [1.807, 2.05) is 0 Å². The molecule has 2 rings (SSSR count). The van der Waals surface area contributed by atoms with Gasteiger partial charge in [0, 0.05) is 18.9 Å². The van der Waals surface area contributed by atoms with Crippen molar-refractivity contribution in [2.24, 2.45) is 5.92 Å². The molecule has 1 amide bonds. The molecule has 0 spiro atoms. The van der Waals surface area contributed by atoms with E-state index in [0.29, 0.717) is 25.2 Å². The molecule has 1 saturated carbocycles. The Kier molecular flexibility index (Phi) is 5.29. The van der Waals surface area contributed by atoms with Crippen molar-refractivity contribution in [2.45, 2.75) is 38.7 Å². The Balaban J connectivity index is 1.71. The van der Waals surface area contributed by atoms with Gasteiger partial charge in [0.2, 0.25) is 0 Å². The smallest absolute Gasteiger partial charge is 0.273 e. The summed E-state index contributed by atoms with van der Waals surface area (Å²) in [6.45, 7) is 3.20. The first-order valence-corrected chi connectivity index (χ1v) is 7.14. The second kappa shape index (κ2) is 7.19. The van der Waals surface area contributed by atoms with Crippen LogP contribution in [0.25, 0.3) is 0 Å². The Morgan fingerprint density at radius 2 is 2.15 bits per heavy atom. The summed E-state index contributed by atoms with van der Waals surface area (Å²) in [4.78, 5) is 19.6. The van der Waals surface area contributed by atoms with Gasteiger partial charge in [0.15, 0.2) is 11.5 Å². The maximum absolute atomic E-state index is 11.8. The standard InChI is InChI=1S/C14H22N4O2/c1-10-4-2-3-5-11(10)20-9-8-18-14(19)12-13(15)17-7-6-16-12/h6-7,10-11H,2-5,8-9H2,1H3,(H2,15,17)(H,18,19)/t10-,11-/m0/s1. The molecule has 0 unspecified atom stereocenters. The normalized spacial score (nSPS) is 22.4. The van der Waals surface area contributed by atoms with Crippen LogP contribution < -0.4 is 11.1 Å². The number of anilines is 1. The molecule has 3 N–H and O–H groups in total. The molecule has 20 heavy (non-hydrogen) atoms. The Morgan fingerprint density at radius 1 is 1.40 bits per heavy atom. The average molecular weight is 278 g/mol. The zero-order chi connectivity index (χ0) is 14.4. The summed E-state index contributed by atoms with van der Waals surface area (Å²) in [7, 11) is 0. The summed E-state index contributed by atoms with van der Waals surface area (Å²) in [5.41, 5.74) is 5.76. The molecule has 1 heterocycles. The maximum atomic E-state index is 11.8. The molecule has 0 bridgehead atoms. The monoisotopic (exact) mass is 278 g/mol. The number of aromatic nitrogens is 2. The molecule has 6 heteroatoms. The minimum absolute atomic E-state index is 0.145. The number of ether oxygens (including phenoxy) is 1. The van der Waals surface area contributed by atoms with Crippen LogP contribution in [0.4, 0.5) is 5.82 Å². The van der Waals surface area contributed by atoms with Gasteiger partial charge < -0.3 is 15.8 Å². The molecule has 1 aliphatic carbocycles. The molecule has 0 aliphatic heterocycles. The number of carbonyl (C=O) groups is 1. The number of hydrogen-bond acceptors (Lipinski definition) is 5. The molecular formula is C14H22N4O2. The SMILES string of the molecule is C[C@H]1CCCC[C@@H]1OCCNC(=O)c1nccnc1N. The first-order chi connectivity index (χ1) is 9.68. The quantitative estimate of drug-likeness (QED) is 0.794. The molecule has 1 aromatic heterocycles. The van der Waals surface area contributed by atoms with Gasteiger partial charge in [0.1, 0.15) is 0 Å². The predicted molar refractivity (Wildman–Crippen MR) is 76.1 cm³/mol. The van der Waals surface area contributed by atoms with Gasteiger partial charge in [-0.25, -0.2) is 9.97 Å². The zero-order valence-electron chi connectivity index (χ0n) is 11.8. The van der Waals surface area contributed by atoms with Crippen molar-refractivity contribution in [3.63, 3.8) is 0 Å². The molecule has 0 saturated heterocycles. The molecule has 2 atom stereocenters. The van der Waals surface area contributed by atoms with Gasteiger partial charge in [0.25, 0.3) is 5.91 Å². The molecule has 6 nitrogen and oxygen atoms in total. The molecule has 0 aromatic carbocycles. The van der Waals surface area contributed by atoms with Crippen LogP contribution in [0.3, 0.4) is 0 Å². The second-order valence-corrected chi connectivity index (χ2v) is 5.22. The lowest BCUT2D eigenvalue weighted by Crippen LogP contribution is -2.32. The van der Waals surface area contributed by atoms with Crippen LogP contribution in [0.1, 0.15) is 43.1 Å². The third-order valence-electron chi connectivity index (χ3n) is 3.69. The van der Waals surface area contributed by atoms with Gasteiger partial charge in [-0.1, -0.05) is 19.8 Å². The molecule has 1 aromatic rings. The van der Waals surface area contributed by atoms with Crippen molar-refractivity contribution in [1.29, 1.82) is 0 Å². The third-order valence-corrected chi connectivity index (χ3v) is 3.69. The first-order valence-electron chi connectivity index (χ1n) is 7.14. The number of nitrogens with two attached hydrogens (primary N) is 1. The average Bonchev–Trinajstić information content (AvgIpc) is 2.45. The number of amides is 1. The summed E-state index contributed by atoms with van der Waals surface area (Å²) in [5, 5.41) is 2.75. The number of carbonyl (C=O) groups excluding carboxylic acids is 1. The van der Waals surface area contributed by atoms with Crippen LogP contribution in [-0.4, -0.2) is 35.1 Å². The van der Waals surface area contributed by atoms with Crippen LogP contribution in [0.2, 0.25) is 0 Å². The van der Waals surface area contributed by atoms with Crippen molar-refractivity contribution in [2.75, 3.05) is 18.9 Å². The van der Waals surface area contributed by atoms with Gasteiger partial charge in [0.05, 0.1) is 12.7 Å². The Morgan fingerprint density at radius 3 is 2.90 bits per heavy atom.